The summed E-state index contributed by atoms with van der Waals surface area (Å²) in [7, 11) is 1.56. The molecule has 0 saturated carbocycles. The molecule has 1 aliphatic heterocycles. The third-order valence-corrected chi connectivity index (χ3v) is 4.54. The summed E-state index contributed by atoms with van der Waals surface area (Å²) in [5.41, 5.74) is 2.81. The number of rotatable bonds is 6. The molecule has 138 valence electrons. The number of ether oxygens (including phenoxy) is 1. The average Bonchev–Trinajstić information content (AvgIpc) is 3.11. The Labute approximate surface area is 156 Å². The number of hydrogen-bond donors (Lipinski definition) is 2. The lowest BCUT2D eigenvalue weighted by Crippen LogP contribution is -2.08. The van der Waals surface area contributed by atoms with Gasteiger partial charge in [-0.3, -0.25) is 0 Å². The minimum absolute atomic E-state index is 0.214. The van der Waals surface area contributed by atoms with E-state index in [1.807, 2.05) is 12.3 Å². The maximum atomic E-state index is 14.4. The van der Waals surface area contributed by atoms with E-state index in [9.17, 15) is 4.39 Å². The van der Waals surface area contributed by atoms with Crippen LogP contribution in [0.2, 0.25) is 0 Å². The fourth-order valence-electron chi connectivity index (χ4n) is 3.12. The number of nitrogens with zero attached hydrogens (tertiary/aromatic N) is 4. The highest BCUT2D eigenvalue weighted by Gasteiger charge is 2.24. The molecule has 0 spiro atoms. The van der Waals surface area contributed by atoms with Crippen LogP contribution in [-0.2, 0) is 13.0 Å². The van der Waals surface area contributed by atoms with E-state index in [0.717, 1.165) is 29.1 Å². The van der Waals surface area contributed by atoms with E-state index < -0.39 is 0 Å². The van der Waals surface area contributed by atoms with E-state index in [-0.39, 0.29) is 17.6 Å². The molecule has 3 aromatic rings. The summed E-state index contributed by atoms with van der Waals surface area (Å²) < 4.78 is 19.5. The molecule has 4 heterocycles. The van der Waals surface area contributed by atoms with Crippen molar-refractivity contribution in [3.63, 3.8) is 0 Å². The monoisotopic (exact) mass is 366 g/mol. The molecule has 0 amide bonds. The van der Waals surface area contributed by atoms with Crippen LogP contribution in [0, 0.1) is 5.82 Å². The predicted octanol–water partition coefficient (Wildman–Crippen LogP) is 2.78. The summed E-state index contributed by atoms with van der Waals surface area (Å²) in [6, 6.07) is 5.17. The molecule has 27 heavy (non-hydrogen) atoms. The molecule has 0 saturated heterocycles. The molecule has 8 heteroatoms. The molecule has 1 atom stereocenters. The minimum Gasteiger partial charge on any atom is -0.481 e. The number of halogens is 1. The van der Waals surface area contributed by atoms with Crippen molar-refractivity contribution >= 4 is 11.6 Å². The lowest BCUT2D eigenvalue weighted by molar-refractivity contribution is 0.397. The number of fused-ring (bicyclic) bond motifs is 1. The van der Waals surface area contributed by atoms with Gasteiger partial charge in [0.15, 0.2) is 11.6 Å². The largest absolute Gasteiger partial charge is 0.481 e. The van der Waals surface area contributed by atoms with Gasteiger partial charge in [0.1, 0.15) is 12.1 Å². The molecule has 2 N–H and O–H groups in total. The summed E-state index contributed by atoms with van der Waals surface area (Å²) in [6.45, 7) is 1.19. The van der Waals surface area contributed by atoms with Crippen molar-refractivity contribution in [2.24, 2.45) is 0 Å². The number of methoxy groups -OCH3 is 1. The maximum Gasteiger partial charge on any atom is 0.212 e. The third kappa shape index (κ3) is 3.79. The van der Waals surface area contributed by atoms with Crippen LogP contribution in [0.5, 0.6) is 5.88 Å². The molecule has 1 unspecified atom stereocenters. The van der Waals surface area contributed by atoms with Crippen molar-refractivity contribution in [1.82, 2.24) is 19.9 Å². The number of pyridine rings is 2. The Hall–Kier alpha value is -3.29. The third-order valence-electron chi connectivity index (χ3n) is 4.54. The van der Waals surface area contributed by atoms with E-state index in [2.05, 4.69) is 30.6 Å². The van der Waals surface area contributed by atoms with Gasteiger partial charge >= 0.3 is 0 Å². The summed E-state index contributed by atoms with van der Waals surface area (Å²) in [4.78, 5) is 16.7. The first-order chi connectivity index (χ1) is 13.2. The normalized spacial score (nSPS) is 15.1. The summed E-state index contributed by atoms with van der Waals surface area (Å²) >= 11 is 0. The van der Waals surface area contributed by atoms with Crippen molar-refractivity contribution in [1.29, 1.82) is 0 Å². The Balaban J connectivity index is 1.40. The maximum absolute atomic E-state index is 14.4. The number of hydrogen-bond acceptors (Lipinski definition) is 7. The highest BCUT2D eigenvalue weighted by atomic mass is 19.1. The van der Waals surface area contributed by atoms with Gasteiger partial charge in [-0.25, -0.2) is 24.3 Å². The fraction of sp³-hybridized carbons (Fsp3) is 0.263. The molecule has 0 aliphatic carbocycles. The molecule has 0 fully saturated rings. The van der Waals surface area contributed by atoms with Crippen molar-refractivity contribution in [3.05, 3.63) is 65.6 Å². The highest BCUT2D eigenvalue weighted by molar-refractivity contribution is 5.51. The Bertz CT molecular complexity index is 934. The van der Waals surface area contributed by atoms with Gasteiger partial charge in [-0.15, -0.1) is 0 Å². The molecule has 3 aromatic heterocycles. The number of aromatic nitrogens is 4. The van der Waals surface area contributed by atoms with Crippen LogP contribution in [0.25, 0.3) is 0 Å². The zero-order valence-electron chi connectivity index (χ0n) is 14.8. The Kier molecular flexibility index (Phi) is 4.78. The first-order valence-electron chi connectivity index (χ1n) is 8.64. The van der Waals surface area contributed by atoms with Gasteiger partial charge < -0.3 is 15.4 Å². The first kappa shape index (κ1) is 17.1. The van der Waals surface area contributed by atoms with Gasteiger partial charge in [0, 0.05) is 49.2 Å². The van der Waals surface area contributed by atoms with Crippen molar-refractivity contribution < 1.29 is 9.13 Å². The van der Waals surface area contributed by atoms with Crippen LogP contribution in [0.3, 0.4) is 0 Å². The number of anilines is 2. The second-order valence-electron chi connectivity index (χ2n) is 6.34. The summed E-state index contributed by atoms with van der Waals surface area (Å²) in [6.07, 6.45) is 7.41. The predicted molar refractivity (Wildman–Crippen MR) is 99.3 cm³/mol. The topological polar surface area (TPSA) is 84.9 Å². The molecule has 7 nitrogen and oxygen atoms in total. The summed E-state index contributed by atoms with van der Waals surface area (Å²) in [5.74, 6) is 1.47. The van der Waals surface area contributed by atoms with Crippen LogP contribution in [0.15, 0.2) is 43.1 Å². The van der Waals surface area contributed by atoms with E-state index in [0.29, 0.717) is 18.8 Å². The first-order valence-corrected chi connectivity index (χ1v) is 8.64. The van der Waals surface area contributed by atoms with Crippen LogP contribution >= 0.6 is 0 Å². The van der Waals surface area contributed by atoms with Gasteiger partial charge in [0.25, 0.3) is 0 Å². The van der Waals surface area contributed by atoms with Gasteiger partial charge in [-0.1, -0.05) is 6.07 Å². The van der Waals surface area contributed by atoms with Crippen LogP contribution < -0.4 is 15.4 Å². The standard InChI is InChI=1S/C19H19FN6O/c1-27-17-3-2-12(6-22-17)7-23-19-16(20)5-13(8-24-19)4-14-9-25-18-15(14)10-21-11-26-18/h2-3,5-6,8,10-11,14H,4,7,9H2,1H3,(H,23,24)(H,21,25,26). The van der Waals surface area contributed by atoms with E-state index in [4.69, 9.17) is 4.74 Å². The van der Waals surface area contributed by atoms with E-state index in [1.165, 1.54) is 12.4 Å². The summed E-state index contributed by atoms with van der Waals surface area (Å²) in [5, 5.41) is 6.25. The van der Waals surface area contributed by atoms with Gasteiger partial charge in [0.2, 0.25) is 5.88 Å². The van der Waals surface area contributed by atoms with E-state index >= 15 is 0 Å². The molecule has 0 radical (unpaired) electrons. The zero-order valence-corrected chi connectivity index (χ0v) is 14.8. The molecular formula is C19H19FN6O. The zero-order chi connectivity index (χ0) is 18.6. The Morgan fingerprint density at radius 1 is 1.19 bits per heavy atom. The van der Waals surface area contributed by atoms with Gasteiger partial charge in [-0.05, 0) is 23.6 Å². The SMILES string of the molecule is COc1ccc(CNc2ncc(CC3CNc4ncncc43)cc2F)cn1. The number of nitrogens with one attached hydrogen (secondary N) is 2. The van der Waals surface area contributed by atoms with Crippen molar-refractivity contribution in [2.75, 3.05) is 24.3 Å². The fourth-order valence-corrected chi connectivity index (χ4v) is 3.12. The second-order valence-corrected chi connectivity index (χ2v) is 6.34. The van der Waals surface area contributed by atoms with Crippen LogP contribution in [-0.4, -0.2) is 33.6 Å². The molecular weight excluding hydrogens is 347 g/mol. The van der Waals surface area contributed by atoms with Gasteiger partial charge in [0.05, 0.1) is 7.11 Å². The van der Waals surface area contributed by atoms with Crippen LogP contribution in [0.4, 0.5) is 16.0 Å². The Morgan fingerprint density at radius 3 is 2.85 bits per heavy atom. The molecule has 4 rings (SSSR count). The molecule has 0 bridgehead atoms. The lowest BCUT2D eigenvalue weighted by Gasteiger charge is -2.11. The lowest BCUT2D eigenvalue weighted by atomic mass is 9.96. The second kappa shape index (κ2) is 7.53. The van der Waals surface area contributed by atoms with E-state index in [1.54, 1.807) is 25.6 Å². The quantitative estimate of drug-likeness (QED) is 0.694. The highest BCUT2D eigenvalue weighted by Crippen LogP contribution is 2.31. The van der Waals surface area contributed by atoms with Crippen molar-refractivity contribution in [2.45, 2.75) is 18.9 Å². The van der Waals surface area contributed by atoms with Crippen molar-refractivity contribution in [3.8, 4) is 5.88 Å². The van der Waals surface area contributed by atoms with Crippen LogP contribution in [0.1, 0.15) is 22.6 Å². The molecule has 0 aromatic carbocycles. The Morgan fingerprint density at radius 2 is 2.07 bits per heavy atom. The van der Waals surface area contributed by atoms with Gasteiger partial charge in [-0.2, -0.15) is 0 Å². The smallest absolute Gasteiger partial charge is 0.212 e. The molecule has 1 aliphatic rings. The minimum atomic E-state index is -0.371. The average molecular weight is 366 g/mol.